The van der Waals surface area contributed by atoms with E-state index in [2.05, 4.69) is 5.32 Å². The summed E-state index contributed by atoms with van der Waals surface area (Å²) in [4.78, 5) is 28.1. The lowest BCUT2D eigenvalue weighted by Crippen LogP contribution is -2.52. The van der Waals surface area contributed by atoms with E-state index >= 15 is 0 Å². The number of hydrogen-bond donors (Lipinski definition) is 1. The van der Waals surface area contributed by atoms with Crippen LogP contribution in [0.25, 0.3) is 0 Å². The highest BCUT2D eigenvalue weighted by molar-refractivity contribution is 7.89. The van der Waals surface area contributed by atoms with E-state index < -0.39 is 40.3 Å². The van der Waals surface area contributed by atoms with Crippen LogP contribution in [0, 0.1) is 5.82 Å². The standard InChI is InChI=1S/C31H28FN3O5S/c32-25-15-17-26(18-16-25)41(38,39)34(20-24-11-5-2-6-12-24)22-30(36)35-21-29(40-28-14-8-7-13-27(28)35)31(37)33-19-23-9-3-1-4-10-23/h1-18,29H,19-22H2,(H,33,37)/t29-/m0/s1. The molecule has 0 aromatic heterocycles. The van der Waals surface area contributed by atoms with Crippen LogP contribution >= 0.6 is 0 Å². The lowest BCUT2D eigenvalue weighted by Gasteiger charge is -2.35. The molecule has 10 heteroatoms. The Labute approximate surface area is 238 Å². The molecule has 0 radical (unpaired) electrons. The molecule has 1 heterocycles. The number of nitrogens with one attached hydrogen (secondary N) is 1. The lowest BCUT2D eigenvalue weighted by atomic mass is 10.1. The van der Waals surface area contributed by atoms with Crippen LogP contribution in [0.3, 0.4) is 0 Å². The van der Waals surface area contributed by atoms with Gasteiger partial charge in [0.05, 0.1) is 23.7 Å². The molecular weight excluding hydrogens is 545 g/mol. The van der Waals surface area contributed by atoms with E-state index in [-0.39, 0.29) is 24.5 Å². The fraction of sp³-hybridized carbons (Fsp3) is 0.161. The van der Waals surface area contributed by atoms with Crippen molar-refractivity contribution in [2.75, 3.05) is 18.0 Å². The van der Waals surface area contributed by atoms with Gasteiger partial charge in [-0.2, -0.15) is 4.31 Å². The summed E-state index contributed by atoms with van der Waals surface area (Å²) >= 11 is 0. The van der Waals surface area contributed by atoms with Crippen molar-refractivity contribution in [1.29, 1.82) is 0 Å². The third-order valence-corrected chi connectivity index (χ3v) is 8.45. The molecule has 210 valence electrons. The topological polar surface area (TPSA) is 96.0 Å². The number of fused-ring (bicyclic) bond motifs is 1. The summed E-state index contributed by atoms with van der Waals surface area (Å²) in [5, 5.41) is 2.84. The maximum atomic E-state index is 13.8. The van der Waals surface area contributed by atoms with E-state index in [0.717, 1.165) is 22.0 Å². The van der Waals surface area contributed by atoms with Crippen molar-refractivity contribution in [1.82, 2.24) is 9.62 Å². The van der Waals surface area contributed by atoms with E-state index in [9.17, 15) is 22.4 Å². The molecule has 1 aliphatic heterocycles. The number of carbonyl (C=O) groups is 2. The molecule has 0 fully saturated rings. The molecule has 0 spiro atoms. The van der Waals surface area contributed by atoms with Gasteiger partial charge in [0.1, 0.15) is 11.6 Å². The van der Waals surface area contributed by atoms with Crippen LogP contribution in [0.1, 0.15) is 11.1 Å². The molecule has 1 atom stereocenters. The summed E-state index contributed by atoms with van der Waals surface area (Å²) in [5.41, 5.74) is 2.02. The first-order chi connectivity index (χ1) is 19.8. The van der Waals surface area contributed by atoms with Gasteiger partial charge in [-0.25, -0.2) is 12.8 Å². The third kappa shape index (κ3) is 6.62. The Balaban J connectivity index is 1.40. The van der Waals surface area contributed by atoms with Gasteiger partial charge in [0.15, 0.2) is 6.10 Å². The minimum atomic E-state index is -4.19. The van der Waals surface area contributed by atoms with Crippen molar-refractivity contribution in [2.24, 2.45) is 0 Å². The fourth-order valence-corrected chi connectivity index (χ4v) is 5.89. The molecule has 41 heavy (non-hydrogen) atoms. The summed E-state index contributed by atoms with van der Waals surface area (Å²) in [5.74, 6) is -1.18. The number of rotatable bonds is 9. The van der Waals surface area contributed by atoms with Gasteiger partial charge >= 0.3 is 0 Å². The van der Waals surface area contributed by atoms with Crippen molar-refractivity contribution in [3.05, 3.63) is 126 Å². The molecule has 0 saturated carbocycles. The minimum Gasteiger partial charge on any atom is -0.477 e. The molecule has 0 bridgehead atoms. The minimum absolute atomic E-state index is 0.0841. The maximum absolute atomic E-state index is 13.8. The summed E-state index contributed by atoms with van der Waals surface area (Å²) in [7, 11) is -4.19. The Bertz CT molecular complexity index is 1620. The third-order valence-electron chi connectivity index (χ3n) is 6.64. The van der Waals surface area contributed by atoms with Crippen LogP contribution in [0.2, 0.25) is 0 Å². The average molecular weight is 574 g/mol. The molecule has 1 aliphatic rings. The van der Waals surface area contributed by atoms with Crippen molar-refractivity contribution in [3.8, 4) is 5.75 Å². The second-order valence-corrected chi connectivity index (χ2v) is 11.4. The Morgan fingerprint density at radius 1 is 0.854 bits per heavy atom. The van der Waals surface area contributed by atoms with Gasteiger partial charge in [-0.1, -0.05) is 72.8 Å². The predicted molar refractivity (Wildman–Crippen MR) is 152 cm³/mol. The average Bonchev–Trinajstić information content (AvgIpc) is 3.00. The molecule has 4 aromatic carbocycles. The van der Waals surface area contributed by atoms with Crippen LogP contribution in [0.5, 0.6) is 5.75 Å². The molecular formula is C31H28FN3O5S. The molecule has 0 unspecified atom stereocenters. The van der Waals surface area contributed by atoms with Gasteiger partial charge in [-0.3, -0.25) is 9.59 Å². The second kappa shape index (κ2) is 12.3. The number of amides is 2. The van der Waals surface area contributed by atoms with Gasteiger partial charge in [-0.15, -0.1) is 0 Å². The van der Waals surface area contributed by atoms with E-state index in [0.29, 0.717) is 17.0 Å². The molecule has 1 N–H and O–H groups in total. The number of anilines is 1. The zero-order valence-electron chi connectivity index (χ0n) is 22.0. The van der Waals surface area contributed by atoms with Crippen LogP contribution in [0.4, 0.5) is 10.1 Å². The first kappa shape index (κ1) is 28.0. The Kier molecular flexibility index (Phi) is 8.42. The first-order valence-electron chi connectivity index (χ1n) is 13.0. The highest BCUT2D eigenvalue weighted by Gasteiger charge is 2.36. The number of ether oxygens (including phenoxy) is 1. The van der Waals surface area contributed by atoms with Crippen LogP contribution < -0.4 is 15.0 Å². The second-order valence-electron chi connectivity index (χ2n) is 9.49. The summed E-state index contributed by atoms with van der Waals surface area (Å²) < 4.78 is 47.8. The lowest BCUT2D eigenvalue weighted by molar-refractivity contribution is -0.128. The summed E-state index contributed by atoms with van der Waals surface area (Å²) in [6.45, 7) is -0.414. The van der Waals surface area contributed by atoms with Crippen LogP contribution in [0.15, 0.2) is 114 Å². The molecule has 2 amide bonds. The number of sulfonamides is 1. The fourth-order valence-electron chi connectivity index (χ4n) is 4.51. The van der Waals surface area contributed by atoms with Gasteiger partial charge in [0, 0.05) is 13.1 Å². The molecule has 8 nitrogen and oxygen atoms in total. The molecule has 4 aromatic rings. The van der Waals surface area contributed by atoms with E-state index in [4.69, 9.17) is 4.74 Å². The highest BCUT2D eigenvalue weighted by atomic mass is 32.2. The van der Waals surface area contributed by atoms with Crippen LogP contribution in [-0.4, -0.2) is 43.7 Å². The monoisotopic (exact) mass is 573 g/mol. The Hall–Kier alpha value is -4.54. The van der Waals surface area contributed by atoms with Gasteiger partial charge in [0.2, 0.25) is 15.9 Å². The van der Waals surface area contributed by atoms with Crippen LogP contribution in [-0.2, 0) is 32.7 Å². The summed E-state index contributed by atoms with van der Waals surface area (Å²) in [6.07, 6.45) is -1.01. The normalized spacial score (nSPS) is 14.7. The zero-order valence-corrected chi connectivity index (χ0v) is 22.8. The Morgan fingerprint density at radius 2 is 1.46 bits per heavy atom. The predicted octanol–water partition coefficient (Wildman–Crippen LogP) is 4.13. The van der Waals surface area contributed by atoms with Gasteiger partial charge < -0.3 is 15.0 Å². The SMILES string of the molecule is O=C(NCc1ccccc1)[C@@H]1CN(C(=O)CN(Cc2ccccc2)S(=O)(=O)c2ccc(F)cc2)c2ccccc2O1. The highest BCUT2D eigenvalue weighted by Crippen LogP contribution is 2.33. The number of para-hydroxylation sites is 2. The quantitative estimate of drug-likeness (QED) is 0.325. The number of benzene rings is 4. The number of halogens is 1. The van der Waals surface area contributed by atoms with Crippen molar-refractivity contribution < 1.29 is 27.1 Å². The number of nitrogens with zero attached hydrogens (tertiary/aromatic N) is 2. The Morgan fingerprint density at radius 3 is 2.15 bits per heavy atom. The first-order valence-corrected chi connectivity index (χ1v) is 14.4. The summed E-state index contributed by atoms with van der Waals surface area (Å²) in [6, 6.07) is 29.5. The zero-order chi connectivity index (χ0) is 28.8. The van der Waals surface area contributed by atoms with Crippen molar-refractivity contribution in [3.63, 3.8) is 0 Å². The van der Waals surface area contributed by atoms with Crippen molar-refractivity contribution in [2.45, 2.75) is 24.1 Å². The van der Waals surface area contributed by atoms with E-state index in [1.807, 2.05) is 30.3 Å². The largest absolute Gasteiger partial charge is 0.477 e. The molecule has 0 saturated heterocycles. The number of hydrogen-bond acceptors (Lipinski definition) is 5. The van der Waals surface area contributed by atoms with Gasteiger partial charge in [-0.05, 0) is 47.5 Å². The van der Waals surface area contributed by atoms with Crippen molar-refractivity contribution >= 4 is 27.5 Å². The van der Waals surface area contributed by atoms with E-state index in [1.165, 1.54) is 17.0 Å². The molecule has 5 rings (SSSR count). The van der Waals surface area contributed by atoms with E-state index in [1.54, 1.807) is 54.6 Å². The maximum Gasteiger partial charge on any atom is 0.263 e. The smallest absolute Gasteiger partial charge is 0.263 e. The van der Waals surface area contributed by atoms with Gasteiger partial charge in [0.25, 0.3) is 5.91 Å². The number of carbonyl (C=O) groups excluding carboxylic acids is 2. The molecule has 0 aliphatic carbocycles.